The van der Waals surface area contributed by atoms with Gasteiger partial charge in [-0.2, -0.15) is 0 Å². The van der Waals surface area contributed by atoms with Crippen molar-refractivity contribution in [3.8, 4) is 0 Å². The van der Waals surface area contributed by atoms with Crippen LogP contribution in [0.3, 0.4) is 0 Å². The molecule has 2 heterocycles. The zero-order valence-electron chi connectivity index (χ0n) is 13.6. The lowest BCUT2D eigenvalue weighted by atomic mass is 10.1. The van der Waals surface area contributed by atoms with Gasteiger partial charge in [0.25, 0.3) is 5.91 Å². The fourth-order valence-corrected chi connectivity index (χ4v) is 2.04. The second-order valence-electron chi connectivity index (χ2n) is 5.33. The third-order valence-electron chi connectivity index (χ3n) is 3.33. The predicted octanol–water partition coefficient (Wildman–Crippen LogP) is 2.97. The number of ketones is 1. The van der Waals surface area contributed by atoms with E-state index in [0.717, 1.165) is 0 Å². The first-order valence-electron chi connectivity index (χ1n) is 7.46. The van der Waals surface area contributed by atoms with E-state index in [1.54, 1.807) is 37.3 Å². The molecule has 2 N–H and O–H groups in total. The van der Waals surface area contributed by atoms with Crippen molar-refractivity contribution < 1.29 is 14.1 Å². The summed E-state index contributed by atoms with van der Waals surface area (Å²) in [4.78, 5) is 31.6. The van der Waals surface area contributed by atoms with Crippen molar-refractivity contribution in [3.05, 3.63) is 59.6 Å². The summed E-state index contributed by atoms with van der Waals surface area (Å²) in [5.41, 5.74) is 1.47. The molecule has 0 aliphatic rings. The summed E-state index contributed by atoms with van der Waals surface area (Å²) in [6, 6.07) is 8.34. The Morgan fingerprint density at radius 3 is 2.28 bits per heavy atom. The second kappa shape index (κ2) is 6.91. The van der Waals surface area contributed by atoms with E-state index in [9.17, 15) is 9.59 Å². The van der Waals surface area contributed by atoms with E-state index in [2.05, 4.69) is 25.8 Å². The summed E-state index contributed by atoms with van der Waals surface area (Å²) in [6.45, 7) is 3.26. The molecule has 2 aromatic heterocycles. The number of nitrogens with one attached hydrogen (secondary N) is 2. The highest BCUT2D eigenvalue weighted by atomic mass is 16.5. The van der Waals surface area contributed by atoms with Gasteiger partial charge in [-0.05, 0) is 38.1 Å². The molecule has 0 radical (unpaired) electrons. The highest BCUT2D eigenvalue weighted by molar-refractivity contribution is 6.04. The Balaban J connectivity index is 1.65. The average Bonchev–Trinajstić information content (AvgIpc) is 3.01. The standard InChI is InChI=1S/C17H15N5O3/c1-10-7-15(22-25-10)21-17-18-8-13(9-19-17)16(24)20-14-5-3-12(4-6-14)11(2)23/h3-9H,1-2H3,(H,20,24)(H,18,19,21,22). The van der Waals surface area contributed by atoms with Crippen LogP contribution in [-0.4, -0.2) is 26.8 Å². The van der Waals surface area contributed by atoms with Crippen LogP contribution in [0.4, 0.5) is 17.5 Å². The molecule has 126 valence electrons. The van der Waals surface area contributed by atoms with E-state index in [4.69, 9.17) is 4.52 Å². The van der Waals surface area contributed by atoms with Crippen LogP contribution in [0.1, 0.15) is 33.4 Å². The second-order valence-corrected chi connectivity index (χ2v) is 5.33. The number of hydrogen-bond donors (Lipinski definition) is 2. The molecule has 0 saturated heterocycles. The number of aryl methyl sites for hydroxylation is 1. The molecule has 0 aliphatic carbocycles. The Hall–Kier alpha value is -3.55. The largest absolute Gasteiger partial charge is 0.360 e. The first-order valence-corrected chi connectivity index (χ1v) is 7.46. The lowest BCUT2D eigenvalue weighted by Crippen LogP contribution is -2.13. The summed E-state index contributed by atoms with van der Waals surface area (Å²) < 4.78 is 4.93. The van der Waals surface area contributed by atoms with Crippen LogP contribution >= 0.6 is 0 Å². The normalized spacial score (nSPS) is 10.3. The van der Waals surface area contributed by atoms with Gasteiger partial charge in [0.05, 0.1) is 5.56 Å². The fraction of sp³-hybridized carbons (Fsp3) is 0.118. The van der Waals surface area contributed by atoms with Crippen LogP contribution in [0.5, 0.6) is 0 Å². The molecular formula is C17H15N5O3. The van der Waals surface area contributed by atoms with E-state index in [1.807, 2.05) is 0 Å². The smallest absolute Gasteiger partial charge is 0.258 e. The molecule has 1 aromatic carbocycles. The van der Waals surface area contributed by atoms with Gasteiger partial charge in [0.15, 0.2) is 11.6 Å². The van der Waals surface area contributed by atoms with Crippen molar-refractivity contribution >= 4 is 29.1 Å². The SMILES string of the molecule is CC(=O)c1ccc(NC(=O)c2cnc(Nc3cc(C)on3)nc2)cc1. The molecule has 0 fully saturated rings. The van der Waals surface area contributed by atoms with Crippen molar-refractivity contribution in [2.75, 3.05) is 10.6 Å². The number of Topliss-reactive ketones (excluding diaryl/α,β-unsaturated/α-hetero) is 1. The number of benzene rings is 1. The van der Waals surface area contributed by atoms with E-state index < -0.39 is 0 Å². The van der Waals surface area contributed by atoms with Crippen LogP contribution in [0.2, 0.25) is 0 Å². The zero-order valence-corrected chi connectivity index (χ0v) is 13.6. The van der Waals surface area contributed by atoms with Crippen LogP contribution < -0.4 is 10.6 Å². The van der Waals surface area contributed by atoms with Crippen LogP contribution in [0.15, 0.2) is 47.2 Å². The molecule has 0 unspecified atom stereocenters. The Bertz CT molecular complexity index is 901. The summed E-state index contributed by atoms with van der Waals surface area (Å²) in [6.07, 6.45) is 2.81. The molecule has 25 heavy (non-hydrogen) atoms. The van der Waals surface area contributed by atoms with E-state index in [1.165, 1.54) is 19.3 Å². The van der Waals surface area contributed by atoms with Gasteiger partial charge in [0.1, 0.15) is 5.76 Å². The Morgan fingerprint density at radius 1 is 1.04 bits per heavy atom. The molecule has 0 spiro atoms. The highest BCUT2D eigenvalue weighted by Gasteiger charge is 2.09. The predicted molar refractivity (Wildman–Crippen MR) is 91.0 cm³/mol. The van der Waals surface area contributed by atoms with Crippen molar-refractivity contribution in [2.45, 2.75) is 13.8 Å². The van der Waals surface area contributed by atoms with Gasteiger partial charge in [0.2, 0.25) is 5.95 Å². The topological polar surface area (TPSA) is 110 Å². The molecule has 3 aromatic rings. The average molecular weight is 337 g/mol. The molecule has 0 atom stereocenters. The summed E-state index contributed by atoms with van der Waals surface area (Å²) in [5.74, 6) is 1.07. The summed E-state index contributed by atoms with van der Waals surface area (Å²) in [7, 11) is 0. The Kier molecular flexibility index (Phi) is 4.51. The first-order chi connectivity index (χ1) is 12.0. The number of amides is 1. The van der Waals surface area contributed by atoms with Crippen LogP contribution in [0.25, 0.3) is 0 Å². The van der Waals surface area contributed by atoms with Gasteiger partial charge < -0.3 is 15.2 Å². The Labute approximate surface area is 143 Å². The van der Waals surface area contributed by atoms with Gasteiger partial charge in [0, 0.05) is 29.7 Å². The minimum absolute atomic E-state index is 0.0309. The number of carbonyl (C=O) groups excluding carboxylic acids is 2. The summed E-state index contributed by atoms with van der Waals surface area (Å²) in [5, 5.41) is 9.36. The van der Waals surface area contributed by atoms with Crippen molar-refractivity contribution in [1.29, 1.82) is 0 Å². The van der Waals surface area contributed by atoms with Gasteiger partial charge >= 0.3 is 0 Å². The summed E-state index contributed by atoms with van der Waals surface area (Å²) >= 11 is 0. The molecular weight excluding hydrogens is 322 g/mol. The number of anilines is 3. The zero-order chi connectivity index (χ0) is 17.8. The highest BCUT2D eigenvalue weighted by Crippen LogP contribution is 2.14. The third kappa shape index (κ3) is 4.05. The maximum atomic E-state index is 12.2. The van der Waals surface area contributed by atoms with E-state index >= 15 is 0 Å². The van der Waals surface area contributed by atoms with Gasteiger partial charge in [-0.3, -0.25) is 9.59 Å². The number of rotatable bonds is 5. The minimum atomic E-state index is -0.348. The molecule has 0 aliphatic heterocycles. The maximum absolute atomic E-state index is 12.2. The van der Waals surface area contributed by atoms with Crippen molar-refractivity contribution in [1.82, 2.24) is 15.1 Å². The van der Waals surface area contributed by atoms with Crippen molar-refractivity contribution in [2.24, 2.45) is 0 Å². The van der Waals surface area contributed by atoms with Crippen LogP contribution in [0, 0.1) is 6.92 Å². The monoisotopic (exact) mass is 337 g/mol. The Morgan fingerprint density at radius 2 is 1.72 bits per heavy atom. The lowest BCUT2D eigenvalue weighted by molar-refractivity contribution is 0.101. The number of nitrogens with zero attached hydrogens (tertiary/aromatic N) is 3. The quantitative estimate of drug-likeness (QED) is 0.689. The van der Waals surface area contributed by atoms with E-state index in [-0.39, 0.29) is 11.7 Å². The molecule has 3 rings (SSSR count). The fourth-order valence-electron chi connectivity index (χ4n) is 2.04. The van der Waals surface area contributed by atoms with E-state index in [0.29, 0.717) is 34.3 Å². The molecule has 8 heteroatoms. The minimum Gasteiger partial charge on any atom is -0.360 e. The third-order valence-corrected chi connectivity index (χ3v) is 3.33. The number of hydrogen-bond acceptors (Lipinski definition) is 7. The van der Waals surface area contributed by atoms with Crippen LogP contribution in [-0.2, 0) is 0 Å². The first kappa shape index (κ1) is 16.3. The van der Waals surface area contributed by atoms with Gasteiger partial charge in [-0.15, -0.1) is 0 Å². The molecule has 8 nitrogen and oxygen atoms in total. The van der Waals surface area contributed by atoms with Crippen molar-refractivity contribution in [3.63, 3.8) is 0 Å². The molecule has 0 saturated carbocycles. The lowest BCUT2D eigenvalue weighted by Gasteiger charge is -2.06. The number of aromatic nitrogens is 3. The number of carbonyl (C=O) groups is 2. The van der Waals surface area contributed by atoms with Gasteiger partial charge in [-0.1, -0.05) is 5.16 Å². The molecule has 0 bridgehead atoms. The molecule has 1 amide bonds. The maximum Gasteiger partial charge on any atom is 0.258 e. The van der Waals surface area contributed by atoms with Gasteiger partial charge in [-0.25, -0.2) is 9.97 Å².